The molecule has 0 aliphatic carbocycles. The van der Waals surface area contributed by atoms with Gasteiger partial charge in [0.05, 0.1) is 9.82 Å². The molecule has 2 aromatic carbocycles. The van der Waals surface area contributed by atoms with Crippen LogP contribution in [0.2, 0.25) is 0 Å². The smallest absolute Gasteiger partial charge is 0.270 e. The SMILES string of the molecule is NS(=O)(=O)c1cccc(NCc2cc([N+](=O)[O-])ccc2O)c1. The predicted molar refractivity (Wildman–Crippen MR) is 79.9 cm³/mol. The lowest BCUT2D eigenvalue weighted by Crippen LogP contribution is -2.12. The summed E-state index contributed by atoms with van der Waals surface area (Å²) in [5, 5.41) is 28.3. The first-order chi connectivity index (χ1) is 10.3. The summed E-state index contributed by atoms with van der Waals surface area (Å²) in [5.41, 5.74) is 0.625. The number of sulfonamides is 1. The molecule has 0 unspecified atom stereocenters. The summed E-state index contributed by atoms with van der Waals surface area (Å²) < 4.78 is 22.5. The van der Waals surface area contributed by atoms with Crippen molar-refractivity contribution < 1.29 is 18.4 Å². The molecule has 4 N–H and O–H groups in total. The molecule has 0 aliphatic rings. The number of rotatable bonds is 5. The largest absolute Gasteiger partial charge is 0.508 e. The summed E-state index contributed by atoms with van der Waals surface area (Å²) >= 11 is 0. The highest BCUT2D eigenvalue weighted by molar-refractivity contribution is 7.89. The van der Waals surface area contributed by atoms with Gasteiger partial charge in [0.25, 0.3) is 5.69 Å². The van der Waals surface area contributed by atoms with Gasteiger partial charge in [0.2, 0.25) is 10.0 Å². The van der Waals surface area contributed by atoms with E-state index >= 15 is 0 Å². The first kappa shape index (κ1) is 15.7. The van der Waals surface area contributed by atoms with Crippen LogP contribution in [-0.4, -0.2) is 18.4 Å². The van der Waals surface area contributed by atoms with Crippen LogP contribution in [0.1, 0.15) is 5.56 Å². The number of primary sulfonamides is 1. The van der Waals surface area contributed by atoms with E-state index in [9.17, 15) is 23.6 Å². The van der Waals surface area contributed by atoms with Crippen LogP contribution in [-0.2, 0) is 16.6 Å². The van der Waals surface area contributed by atoms with Crippen molar-refractivity contribution in [1.82, 2.24) is 0 Å². The molecule has 9 heteroatoms. The van der Waals surface area contributed by atoms with Crippen LogP contribution in [0.4, 0.5) is 11.4 Å². The lowest BCUT2D eigenvalue weighted by Gasteiger charge is -2.09. The molecule has 0 spiro atoms. The number of hydrogen-bond acceptors (Lipinski definition) is 6. The van der Waals surface area contributed by atoms with E-state index in [0.29, 0.717) is 11.3 Å². The van der Waals surface area contributed by atoms with E-state index in [-0.39, 0.29) is 22.9 Å². The van der Waals surface area contributed by atoms with Gasteiger partial charge in [-0.15, -0.1) is 0 Å². The Morgan fingerprint density at radius 2 is 1.95 bits per heavy atom. The van der Waals surface area contributed by atoms with Crippen molar-refractivity contribution in [2.75, 3.05) is 5.32 Å². The third-order valence-corrected chi connectivity index (χ3v) is 3.83. The van der Waals surface area contributed by atoms with Gasteiger partial charge in [0.15, 0.2) is 0 Å². The summed E-state index contributed by atoms with van der Waals surface area (Å²) in [7, 11) is -3.81. The Morgan fingerprint density at radius 1 is 1.23 bits per heavy atom. The molecule has 0 amide bonds. The van der Waals surface area contributed by atoms with Gasteiger partial charge in [-0.2, -0.15) is 0 Å². The molecule has 22 heavy (non-hydrogen) atoms. The van der Waals surface area contributed by atoms with Crippen molar-refractivity contribution in [3.63, 3.8) is 0 Å². The number of nitrogens with one attached hydrogen (secondary N) is 1. The van der Waals surface area contributed by atoms with Crippen molar-refractivity contribution in [3.8, 4) is 5.75 Å². The Balaban J connectivity index is 2.20. The molecule has 0 atom stereocenters. The van der Waals surface area contributed by atoms with Crippen LogP contribution in [0.5, 0.6) is 5.75 Å². The maximum atomic E-state index is 11.3. The number of phenolic OH excluding ortho intramolecular Hbond substituents is 1. The second-order valence-electron chi connectivity index (χ2n) is 4.50. The first-order valence-electron chi connectivity index (χ1n) is 6.10. The Bertz CT molecular complexity index is 820. The van der Waals surface area contributed by atoms with E-state index in [1.54, 1.807) is 6.07 Å². The highest BCUT2D eigenvalue weighted by atomic mass is 32.2. The molecule has 2 rings (SSSR count). The Hall–Kier alpha value is -2.65. The Morgan fingerprint density at radius 3 is 2.59 bits per heavy atom. The number of non-ortho nitro benzene ring substituents is 1. The third-order valence-electron chi connectivity index (χ3n) is 2.92. The zero-order valence-electron chi connectivity index (χ0n) is 11.3. The van der Waals surface area contributed by atoms with Crippen LogP contribution < -0.4 is 10.5 Å². The van der Waals surface area contributed by atoms with Crippen molar-refractivity contribution in [1.29, 1.82) is 0 Å². The summed E-state index contributed by atoms with van der Waals surface area (Å²) in [6, 6.07) is 9.48. The van der Waals surface area contributed by atoms with E-state index in [2.05, 4.69) is 5.32 Å². The van der Waals surface area contributed by atoms with Crippen LogP contribution in [0.25, 0.3) is 0 Å². The molecule has 0 heterocycles. The van der Waals surface area contributed by atoms with Gasteiger partial charge in [-0.3, -0.25) is 10.1 Å². The fraction of sp³-hybridized carbons (Fsp3) is 0.0769. The molecule has 0 aromatic heterocycles. The highest BCUT2D eigenvalue weighted by Gasteiger charge is 2.11. The van der Waals surface area contributed by atoms with Gasteiger partial charge in [-0.05, 0) is 24.3 Å². The third kappa shape index (κ3) is 3.71. The summed E-state index contributed by atoms with van der Waals surface area (Å²) in [6.07, 6.45) is 0. The predicted octanol–water partition coefficient (Wildman–Crippen LogP) is 1.56. The molecular weight excluding hydrogens is 310 g/mol. The van der Waals surface area contributed by atoms with Crippen molar-refractivity contribution in [2.45, 2.75) is 11.4 Å². The molecular formula is C13H13N3O5S. The molecule has 0 fully saturated rings. The average molecular weight is 323 g/mol. The Labute approximate surface area is 126 Å². The maximum Gasteiger partial charge on any atom is 0.270 e. The number of nitro benzene ring substituents is 1. The van der Waals surface area contributed by atoms with Crippen LogP contribution >= 0.6 is 0 Å². The lowest BCUT2D eigenvalue weighted by molar-refractivity contribution is -0.384. The Kier molecular flexibility index (Phi) is 4.29. The molecule has 0 saturated heterocycles. The maximum absolute atomic E-state index is 11.3. The van der Waals surface area contributed by atoms with Gasteiger partial charge >= 0.3 is 0 Å². The quantitative estimate of drug-likeness (QED) is 0.564. The van der Waals surface area contributed by atoms with Gasteiger partial charge < -0.3 is 10.4 Å². The second kappa shape index (κ2) is 6.00. The highest BCUT2D eigenvalue weighted by Crippen LogP contribution is 2.24. The lowest BCUT2D eigenvalue weighted by atomic mass is 10.1. The van der Waals surface area contributed by atoms with E-state index in [1.807, 2.05) is 0 Å². The molecule has 2 aromatic rings. The minimum atomic E-state index is -3.81. The van der Waals surface area contributed by atoms with Crippen LogP contribution in [0, 0.1) is 10.1 Å². The van der Waals surface area contributed by atoms with E-state index < -0.39 is 14.9 Å². The minimum absolute atomic E-state index is 0.0548. The molecule has 0 aliphatic heterocycles. The topological polar surface area (TPSA) is 136 Å². The standard InChI is InChI=1S/C13H13N3O5S/c14-22(20,21)12-3-1-2-10(7-12)15-8-9-6-11(16(18)19)4-5-13(9)17/h1-7,15,17H,8H2,(H2,14,20,21). The summed E-state index contributed by atoms with van der Waals surface area (Å²) in [4.78, 5) is 10.1. The van der Waals surface area contributed by atoms with Crippen LogP contribution in [0.3, 0.4) is 0 Å². The molecule has 116 valence electrons. The number of hydrogen-bond donors (Lipinski definition) is 3. The number of nitrogens with two attached hydrogens (primary N) is 1. The molecule has 0 radical (unpaired) electrons. The first-order valence-corrected chi connectivity index (χ1v) is 7.65. The molecule has 8 nitrogen and oxygen atoms in total. The monoisotopic (exact) mass is 323 g/mol. The van der Waals surface area contributed by atoms with E-state index in [1.165, 1.54) is 36.4 Å². The number of benzene rings is 2. The molecule has 0 bridgehead atoms. The van der Waals surface area contributed by atoms with Gasteiger partial charge in [0.1, 0.15) is 5.75 Å². The zero-order valence-corrected chi connectivity index (χ0v) is 12.1. The summed E-state index contributed by atoms with van der Waals surface area (Å²) in [5.74, 6) is -0.0966. The van der Waals surface area contributed by atoms with Gasteiger partial charge in [0, 0.05) is 29.9 Å². The minimum Gasteiger partial charge on any atom is -0.508 e. The molecule has 0 saturated carbocycles. The van der Waals surface area contributed by atoms with Crippen LogP contribution in [0.15, 0.2) is 47.4 Å². The number of nitrogens with zero attached hydrogens (tertiary/aromatic N) is 1. The summed E-state index contributed by atoms with van der Waals surface area (Å²) in [6.45, 7) is 0.0849. The fourth-order valence-electron chi connectivity index (χ4n) is 1.81. The van der Waals surface area contributed by atoms with Gasteiger partial charge in [-0.1, -0.05) is 6.07 Å². The fourth-order valence-corrected chi connectivity index (χ4v) is 2.37. The number of anilines is 1. The zero-order chi connectivity index (χ0) is 16.3. The van der Waals surface area contributed by atoms with E-state index in [4.69, 9.17) is 5.14 Å². The van der Waals surface area contributed by atoms with E-state index in [0.717, 1.165) is 0 Å². The number of nitro groups is 1. The second-order valence-corrected chi connectivity index (χ2v) is 6.06. The van der Waals surface area contributed by atoms with Crippen molar-refractivity contribution >= 4 is 21.4 Å². The number of phenols is 1. The normalized spacial score (nSPS) is 11.1. The van der Waals surface area contributed by atoms with Gasteiger partial charge in [-0.25, -0.2) is 13.6 Å². The van der Waals surface area contributed by atoms with Crippen molar-refractivity contribution in [2.24, 2.45) is 5.14 Å². The van der Waals surface area contributed by atoms with Crippen molar-refractivity contribution in [3.05, 3.63) is 58.1 Å². The number of aromatic hydroxyl groups is 1. The average Bonchev–Trinajstić information content (AvgIpc) is 2.45.